The van der Waals surface area contributed by atoms with Gasteiger partial charge < -0.3 is 20.1 Å². The number of ether oxygens (including phenoxy) is 1. The van der Waals surface area contributed by atoms with E-state index in [2.05, 4.69) is 5.32 Å². The molecule has 234 valence electrons. The third-order valence-corrected chi connectivity index (χ3v) is 11.1. The lowest BCUT2D eigenvalue weighted by Crippen LogP contribution is -2.51. The summed E-state index contributed by atoms with van der Waals surface area (Å²) in [7, 11) is 0. The summed E-state index contributed by atoms with van der Waals surface area (Å²) in [6.45, 7) is 2.53. The number of hydrogen-bond donors (Lipinski definition) is 2. The van der Waals surface area contributed by atoms with Crippen molar-refractivity contribution >= 4 is 69.2 Å². The number of fused-ring (bicyclic) bond motifs is 2. The Labute approximate surface area is 282 Å². The van der Waals surface area contributed by atoms with E-state index in [4.69, 9.17) is 56.1 Å². The van der Waals surface area contributed by atoms with Gasteiger partial charge in [-0.1, -0.05) is 58.5 Å². The van der Waals surface area contributed by atoms with E-state index in [0.29, 0.717) is 50.6 Å². The highest BCUT2D eigenvalue weighted by Gasteiger charge is 2.41. The number of carbonyl (C=O) groups excluding carboxylic acids is 1. The van der Waals surface area contributed by atoms with E-state index in [1.807, 2.05) is 23.2 Å². The van der Waals surface area contributed by atoms with Gasteiger partial charge in [0.15, 0.2) is 5.75 Å². The van der Waals surface area contributed by atoms with Crippen molar-refractivity contribution in [1.82, 2.24) is 15.2 Å². The highest BCUT2D eigenvalue weighted by molar-refractivity contribution is 7.12. The van der Waals surface area contributed by atoms with Gasteiger partial charge in [0.05, 0.1) is 42.7 Å². The minimum Gasteiger partial charge on any atom is -0.490 e. The maximum Gasteiger partial charge on any atom is 0.252 e. The van der Waals surface area contributed by atoms with Crippen LogP contribution >= 0.6 is 57.7 Å². The Bertz CT molecular complexity index is 1550. The van der Waals surface area contributed by atoms with Crippen LogP contribution in [-0.4, -0.2) is 45.6 Å². The van der Waals surface area contributed by atoms with Gasteiger partial charge in [0.1, 0.15) is 0 Å². The predicted octanol–water partition coefficient (Wildman–Crippen LogP) is 8.68. The first-order valence-electron chi connectivity index (χ1n) is 15.2. The molecule has 1 amide bonds. The largest absolute Gasteiger partial charge is 0.490 e. The monoisotopic (exact) mass is 693 g/mol. The van der Waals surface area contributed by atoms with E-state index in [1.165, 1.54) is 0 Å². The lowest BCUT2D eigenvalue weighted by molar-refractivity contribution is -0.128. The number of benzene rings is 2. The van der Waals surface area contributed by atoms with Crippen LogP contribution in [0.2, 0.25) is 20.1 Å². The van der Waals surface area contributed by atoms with Crippen LogP contribution in [0.3, 0.4) is 0 Å². The van der Waals surface area contributed by atoms with Crippen molar-refractivity contribution in [3.05, 3.63) is 83.2 Å². The third-order valence-electron chi connectivity index (χ3n) is 8.59. The second-order valence-corrected chi connectivity index (χ2v) is 14.6. The van der Waals surface area contributed by atoms with E-state index in [9.17, 15) is 9.90 Å². The SMILES string of the molecule is C[C@@H](O)c1cc(Cl)c(OCCCc2ncc(C3=C(C(=O)N(Cc4cccc(Cl)c4Cl)C4CC4)[C@H]4CCC[C@@H](C3)N4)s2)c(Cl)c1. The van der Waals surface area contributed by atoms with E-state index in [0.717, 1.165) is 78.0 Å². The molecule has 44 heavy (non-hydrogen) atoms. The minimum atomic E-state index is -0.665. The number of aliphatic hydroxyl groups is 1. The zero-order valence-electron chi connectivity index (χ0n) is 24.4. The number of nitrogens with zero attached hydrogens (tertiary/aromatic N) is 2. The highest BCUT2D eigenvalue weighted by Crippen LogP contribution is 2.41. The van der Waals surface area contributed by atoms with Gasteiger partial charge >= 0.3 is 0 Å². The molecule has 2 aromatic carbocycles. The number of aryl methyl sites for hydroxylation is 1. The Kier molecular flexibility index (Phi) is 10.1. The maximum atomic E-state index is 14.4. The number of aliphatic hydroxyl groups excluding tert-OH is 1. The number of aromatic nitrogens is 1. The lowest BCUT2D eigenvalue weighted by atomic mass is 9.81. The number of halogens is 4. The minimum absolute atomic E-state index is 0.0368. The summed E-state index contributed by atoms with van der Waals surface area (Å²) in [5.74, 6) is 0.515. The normalized spacial score (nSPS) is 20.5. The van der Waals surface area contributed by atoms with Crippen LogP contribution in [-0.2, 0) is 17.8 Å². The molecule has 3 heterocycles. The van der Waals surface area contributed by atoms with Gasteiger partial charge in [-0.25, -0.2) is 4.98 Å². The first kappa shape index (κ1) is 32.1. The molecule has 1 saturated carbocycles. The summed E-state index contributed by atoms with van der Waals surface area (Å²) in [6, 6.07) is 9.59. The van der Waals surface area contributed by atoms with E-state index >= 15 is 0 Å². The molecule has 3 atom stereocenters. The maximum absolute atomic E-state index is 14.4. The lowest BCUT2D eigenvalue weighted by Gasteiger charge is -2.40. The molecule has 2 fully saturated rings. The van der Waals surface area contributed by atoms with Crippen LogP contribution in [0.5, 0.6) is 5.75 Å². The molecule has 11 heteroatoms. The number of carbonyl (C=O) groups is 1. The molecule has 6 rings (SSSR count). The van der Waals surface area contributed by atoms with Gasteiger partial charge in [0.2, 0.25) is 0 Å². The molecule has 0 radical (unpaired) electrons. The zero-order chi connectivity index (χ0) is 31.0. The first-order chi connectivity index (χ1) is 21.2. The Morgan fingerprint density at radius 1 is 1.14 bits per heavy atom. The van der Waals surface area contributed by atoms with Crippen molar-refractivity contribution in [2.45, 2.75) is 89.1 Å². The summed E-state index contributed by atoms with van der Waals surface area (Å²) in [6.07, 6.45) is 8.71. The van der Waals surface area contributed by atoms with E-state index < -0.39 is 6.10 Å². The molecule has 0 unspecified atom stereocenters. The van der Waals surface area contributed by atoms with Gasteiger partial charge in [-0.15, -0.1) is 11.3 Å². The molecule has 2 N–H and O–H groups in total. The number of hydrogen-bond acceptors (Lipinski definition) is 6. The summed E-state index contributed by atoms with van der Waals surface area (Å²) >= 11 is 27.3. The molecule has 1 aliphatic carbocycles. The van der Waals surface area contributed by atoms with Gasteiger partial charge in [0.25, 0.3) is 5.91 Å². The van der Waals surface area contributed by atoms with Crippen LogP contribution in [0, 0.1) is 0 Å². The summed E-state index contributed by atoms with van der Waals surface area (Å²) in [5.41, 5.74) is 3.53. The van der Waals surface area contributed by atoms with Gasteiger partial charge in [-0.05, 0) is 86.8 Å². The number of thiazole rings is 1. The number of piperidine rings is 1. The first-order valence-corrected chi connectivity index (χ1v) is 17.5. The average Bonchev–Trinajstić information content (AvgIpc) is 3.73. The average molecular weight is 696 g/mol. The smallest absolute Gasteiger partial charge is 0.252 e. The Morgan fingerprint density at radius 3 is 2.64 bits per heavy atom. The fourth-order valence-electron chi connectivity index (χ4n) is 6.17. The highest BCUT2D eigenvalue weighted by atomic mass is 35.5. The Hall–Kier alpha value is -1.84. The van der Waals surface area contributed by atoms with Gasteiger partial charge in [-0.2, -0.15) is 0 Å². The molecule has 2 aliphatic heterocycles. The van der Waals surface area contributed by atoms with Crippen molar-refractivity contribution in [3.8, 4) is 5.75 Å². The second kappa shape index (κ2) is 13.9. The molecule has 1 aromatic heterocycles. The Balaban J connectivity index is 1.19. The van der Waals surface area contributed by atoms with Crippen LogP contribution in [0.15, 0.2) is 42.1 Å². The summed E-state index contributed by atoms with van der Waals surface area (Å²) in [4.78, 5) is 22.2. The third kappa shape index (κ3) is 7.10. The van der Waals surface area contributed by atoms with E-state index in [1.54, 1.807) is 36.5 Å². The van der Waals surface area contributed by atoms with Crippen molar-refractivity contribution in [2.75, 3.05) is 6.61 Å². The molecule has 6 nitrogen and oxygen atoms in total. The van der Waals surface area contributed by atoms with Crippen molar-refractivity contribution < 1.29 is 14.6 Å². The molecule has 3 aliphatic rings. The van der Waals surface area contributed by atoms with Gasteiger partial charge in [-0.3, -0.25) is 4.79 Å². The quantitative estimate of drug-likeness (QED) is 0.197. The molecule has 3 aromatic rings. The number of rotatable bonds is 11. The zero-order valence-corrected chi connectivity index (χ0v) is 28.3. The second-order valence-electron chi connectivity index (χ2n) is 11.9. The Morgan fingerprint density at radius 2 is 1.91 bits per heavy atom. The van der Waals surface area contributed by atoms with Gasteiger partial charge in [0, 0.05) is 42.9 Å². The van der Waals surface area contributed by atoms with Crippen LogP contribution in [0.25, 0.3) is 5.57 Å². The van der Waals surface area contributed by atoms with Crippen LogP contribution in [0.1, 0.15) is 79.0 Å². The van der Waals surface area contributed by atoms with E-state index in [-0.39, 0.29) is 18.0 Å². The van der Waals surface area contributed by atoms with Crippen molar-refractivity contribution in [1.29, 1.82) is 0 Å². The van der Waals surface area contributed by atoms with Crippen LogP contribution < -0.4 is 10.1 Å². The molecular weight excluding hydrogens is 660 g/mol. The molecule has 1 saturated heterocycles. The predicted molar refractivity (Wildman–Crippen MR) is 179 cm³/mol. The standard InChI is InChI=1S/C33H35Cl4N3O3S/c1-18(41)20-13-25(35)32(26(36)14-20)43-12-4-9-29-38-16-28(44-29)23-15-21-6-3-8-27(39-21)30(23)33(42)40(22-10-11-22)17-19-5-2-7-24(34)31(19)37/h2,5,7,13-14,16,18,21-22,27,39,41H,3-4,6,8-12,15,17H2,1H3/t18-,21+,27-/m1/s1. The summed E-state index contributed by atoms with van der Waals surface area (Å²) < 4.78 is 5.91. The fraction of sp³-hybridized carbons (Fsp3) is 0.455. The number of nitrogens with one attached hydrogen (secondary N) is 1. The van der Waals surface area contributed by atoms with Crippen LogP contribution in [0.4, 0.5) is 0 Å². The molecule has 0 spiro atoms. The number of amides is 1. The topological polar surface area (TPSA) is 74.7 Å². The van der Waals surface area contributed by atoms with Crippen molar-refractivity contribution in [2.24, 2.45) is 0 Å². The fourth-order valence-corrected chi connectivity index (χ4v) is 8.19. The molecular formula is C33H35Cl4N3O3S. The summed E-state index contributed by atoms with van der Waals surface area (Å²) in [5, 5.41) is 16.3. The van der Waals surface area contributed by atoms with Crippen molar-refractivity contribution in [3.63, 3.8) is 0 Å². The molecule has 2 bridgehead atoms.